The van der Waals surface area contributed by atoms with Crippen molar-refractivity contribution in [2.45, 2.75) is 83.6 Å². The molecule has 0 heterocycles. The molecule has 0 aromatic heterocycles. The number of hydrogen-bond donors (Lipinski definition) is 0. The number of carbonyl (C=O) groups excluding carboxylic acids is 1. The predicted molar refractivity (Wildman–Crippen MR) is 86.1 cm³/mol. The van der Waals surface area contributed by atoms with E-state index in [2.05, 4.69) is 13.8 Å². The molecule has 20 heavy (non-hydrogen) atoms. The van der Waals surface area contributed by atoms with Gasteiger partial charge in [-0.1, -0.05) is 33.1 Å². The van der Waals surface area contributed by atoms with Crippen LogP contribution >= 0.6 is 11.8 Å². The zero-order valence-electron chi connectivity index (χ0n) is 13.3. The first kappa shape index (κ1) is 19.8. The predicted octanol–water partition coefficient (Wildman–Crippen LogP) is 5.15. The van der Waals surface area contributed by atoms with Gasteiger partial charge in [-0.3, -0.25) is 4.79 Å². The Morgan fingerprint density at radius 1 is 1.10 bits per heavy atom. The molecule has 0 spiro atoms. The van der Waals surface area contributed by atoms with E-state index in [4.69, 9.17) is 4.74 Å². The van der Waals surface area contributed by atoms with Crippen molar-refractivity contribution in [1.82, 2.24) is 0 Å². The molecule has 0 saturated heterocycles. The van der Waals surface area contributed by atoms with E-state index in [0.29, 0.717) is 13.0 Å². The van der Waals surface area contributed by atoms with E-state index in [1.54, 1.807) is 18.7 Å². The van der Waals surface area contributed by atoms with Gasteiger partial charge in [0, 0.05) is 0 Å². The van der Waals surface area contributed by atoms with Gasteiger partial charge in [0.25, 0.3) is 0 Å². The number of thioether (sulfide) groups is 1. The number of alkyl halides is 1. The van der Waals surface area contributed by atoms with Crippen LogP contribution in [0, 0.1) is 0 Å². The first-order valence-electron chi connectivity index (χ1n) is 8.04. The SMILES string of the molecule is CCCCOC(=O)C(CCCC)SCCCCC(C)F. The highest BCUT2D eigenvalue weighted by atomic mass is 32.2. The Kier molecular flexibility index (Phi) is 13.5. The van der Waals surface area contributed by atoms with Crippen molar-refractivity contribution in [3.63, 3.8) is 0 Å². The van der Waals surface area contributed by atoms with Crippen LogP contribution in [0.1, 0.15) is 72.1 Å². The maximum Gasteiger partial charge on any atom is 0.319 e. The molecule has 0 aliphatic carbocycles. The van der Waals surface area contributed by atoms with Crippen LogP contribution < -0.4 is 0 Å². The molecule has 0 rings (SSSR count). The number of hydrogen-bond acceptors (Lipinski definition) is 3. The lowest BCUT2D eigenvalue weighted by Crippen LogP contribution is -2.21. The van der Waals surface area contributed by atoms with Crippen molar-refractivity contribution in [1.29, 1.82) is 0 Å². The molecule has 0 aromatic carbocycles. The van der Waals surface area contributed by atoms with E-state index in [9.17, 15) is 9.18 Å². The molecule has 0 amide bonds. The summed E-state index contributed by atoms with van der Waals surface area (Å²) < 4.78 is 18.0. The molecule has 0 fully saturated rings. The zero-order valence-corrected chi connectivity index (χ0v) is 14.1. The molecule has 120 valence electrons. The minimum atomic E-state index is -0.713. The fourth-order valence-electron chi connectivity index (χ4n) is 1.82. The number of halogens is 1. The van der Waals surface area contributed by atoms with Gasteiger partial charge in [-0.25, -0.2) is 4.39 Å². The Balaban J connectivity index is 3.90. The monoisotopic (exact) mass is 306 g/mol. The summed E-state index contributed by atoms with van der Waals surface area (Å²) in [4.78, 5) is 12.0. The number of carbonyl (C=O) groups is 1. The maximum atomic E-state index is 12.7. The van der Waals surface area contributed by atoms with Crippen LogP contribution in [-0.4, -0.2) is 29.8 Å². The fraction of sp³-hybridized carbons (Fsp3) is 0.938. The van der Waals surface area contributed by atoms with Gasteiger partial charge in [-0.2, -0.15) is 0 Å². The summed E-state index contributed by atoms with van der Waals surface area (Å²) in [5, 5.41) is -0.0328. The van der Waals surface area contributed by atoms with Crippen LogP contribution in [0.5, 0.6) is 0 Å². The third-order valence-corrected chi connectivity index (χ3v) is 4.50. The number of rotatable bonds is 13. The molecule has 0 saturated carbocycles. The van der Waals surface area contributed by atoms with Gasteiger partial charge in [-0.05, 0) is 44.8 Å². The van der Waals surface area contributed by atoms with E-state index in [-0.39, 0.29) is 11.2 Å². The second kappa shape index (κ2) is 13.7. The summed E-state index contributed by atoms with van der Waals surface area (Å²) in [6, 6.07) is 0. The topological polar surface area (TPSA) is 26.3 Å². The normalized spacial score (nSPS) is 14.0. The highest BCUT2D eigenvalue weighted by Crippen LogP contribution is 2.21. The fourth-order valence-corrected chi connectivity index (χ4v) is 3.01. The van der Waals surface area contributed by atoms with Gasteiger partial charge in [-0.15, -0.1) is 11.8 Å². The Bertz CT molecular complexity index is 235. The highest BCUT2D eigenvalue weighted by Gasteiger charge is 2.19. The van der Waals surface area contributed by atoms with Crippen molar-refractivity contribution >= 4 is 17.7 Å². The van der Waals surface area contributed by atoms with Crippen molar-refractivity contribution in [3.8, 4) is 0 Å². The molecule has 0 aliphatic heterocycles. The van der Waals surface area contributed by atoms with Gasteiger partial charge >= 0.3 is 5.97 Å². The van der Waals surface area contributed by atoms with Crippen molar-refractivity contribution in [2.75, 3.05) is 12.4 Å². The molecular formula is C16H31FO2S. The maximum absolute atomic E-state index is 12.7. The van der Waals surface area contributed by atoms with E-state index in [0.717, 1.165) is 50.7 Å². The van der Waals surface area contributed by atoms with Gasteiger partial charge in [0.05, 0.1) is 12.8 Å². The first-order chi connectivity index (χ1) is 9.61. The standard InChI is InChI=1S/C16H31FO2S/c1-4-6-11-15(16(18)19-12-7-5-2)20-13-9-8-10-14(3)17/h14-15H,4-13H2,1-3H3. The number of unbranched alkanes of at least 4 members (excludes halogenated alkanes) is 3. The largest absolute Gasteiger partial charge is 0.465 e. The highest BCUT2D eigenvalue weighted by molar-refractivity contribution is 8.00. The number of esters is 1. The summed E-state index contributed by atoms with van der Waals surface area (Å²) in [5.41, 5.74) is 0. The third kappa shape index (κ3) is 11.6. The summed E-state index contributed by atoms with van der Waals surface area (Å²) in [6.45, 7) is 6.36. The van der Waals surface area contributed by atoms with Crippen LogP contribution in [0.15, 0.2) is 0 Å². The molecular weight excluding hydrogens is 275 g/mol. The molecule has 0 bridgehead atoms. The summed E-state index contributed by atoms with van der Waals surface area (Å²) in [5.74, 6) is 0.861. The van der Waals surface area contributed by atoms with Gasteiger partial charge in [0.2, 0.25) is 0 Å². The van der Waals surface area contributed by atoms with E-state index < -0.39 is 6.17 Å². The van der Waals surface area contributed by atoms with Crippen molar-refractivity contribution < 1.29 is 13.9 Å². The quantitative estimate of drug-likeness (QED) is 0.348. The smallest absolute Gasteiger partial charge is 0.319 e. The van der Waals surface area contributed by atoms with E-state index in [1.165, 1.54) is 0 Å². The Morgan fingerprint density at radius 2 is 1.80 bits per heavy atom. The van der Waals surface area contributed by atoms with Crippen LogP contribution in [0.3, 0.4) is 0 Å². The number of ether oxygens (including phenoxy) is 1. The van der Waals surface area contributed by atoms with Crippen LogP contribution in [0.4, 0.5) is 4.39 Å². The van der Waals surface area contributed by atoms with E-state index >= 15 is 0 Å². The molecule has 2 nitrogen and oxygen atoms in total. The summed E-state index contributed by atoms with van der Waals surface area (Å²) in [7, 11) is 0. The molecule has 2 unspecified atom stereocenters. The second-order valence-corrected chi connectivity index (χ2v) is 6.61. The van der Waals surface area contributed by atoms with Crippen LogP contribution in [0.2, 0.25) is 0 Å². The first-order valence-corrected chi connectivity index (χ1v) is 9.09. The van der Waals surface area contributed by atoms with Gasteiger partial charge in [0.15, 0.2) is 0 Å². The minimum absolute atomic E-state index is 0.0328. The van der Waals surface area contributed by atoms with Gasteiger partial charge in [0.1, 0.15) is 5.25 Å². The molecule has 2 atom stereocenters. The van der Waals surface area contributed by atoms with Crippen molar-refractivity contribution in [3.05, 3.63) is 0 Å². The van der Waals surface area contributed by atoms with Crippen LogP contribution in [0.25, 0.3) is 0 Å². The lowest BCUT2D eigenvalue weighted by molar-refractivity contribution is -0.143. The average molecular weight is 306 g/mol. The van der Waals surface area contributed by atoms with Gasteiger partial charge < -0.3 is 4.74 Å². The lowest BCUT2D eigenvalue weighted by Gasteiger charge is -2.15. The minimum Gasteiger partial charge on any atom is -0.465 e. The van der Waals surface area contributed by atoms with E-state index in [1.807, 2.05) is 0 Å². The molecule has 4 heteroatoms. The van der Waals surface area contributed by atoms with Crippen LogP contribution in [-0.2, 0) is 9.53 Å². The molecule has 0 N–H and O–H groups in total. The Hall–Kier alpha value is -0.250. The lowest BCUT2D eigenvalue weighted by atomic mass is 10.2. The average Bonchev–Trinajstić information content (AvgIpc) is 2.41. The Labute approximate surface area is 128 Å². The third-order valence-electron chi connectivity index (χ3n) is 3.14. The molecule has 0 aliphatic rings. The van der Waals surface area contributed by atoms with Crippen molar-refractivity contribution in [2.24, 2.45) is 0 Å². The summed E-state index contributed by atoms with van der Waals surface area (Å²) >= 11 is 1.68. The molecule has 0 radical (unpaired) electrons. The Morgan fingerprint density at radius 3 is 2.40 bits per heavy atom. The molecule has 0 aromatic rings. The summed E-state index contributed by atoms with van der Waals surface area (Å²) in [6.07, 6.45) is 6.81. The zero-order chi connectivity index (χ0) is 15.2. The second-order valence-electron chi connectivity index (χ2n) is 5.30.